The molecule has 0 saturated heterocycles. The standard InChI is InChI=1S/C20H28O6/c1-4-24-17(21)10-8-7-9-14-20(18(22)25-5-2,19(23)26-6-3)15-13-16-11-12-16/h7-10,13H,4-6,11-12,14-15H2,1-3H3/b9-7-,10-8+. The van der Waals surface area contributed by atoms with Crippen LogP contribution in [0, 0.1) is 5.41 Å². The first kappa shape index (κ1) is 21.7. The van der Waals surface area contributed by atoms with Crippen molar-refractivity contribution in [1.82, 2.24) is 0 Å². The summed E-state index contributed by atoms with van der Waals surface area (Å²) < 4.78 is 15.1. The minimum atomic E-state index is -1.41. The Morgan fingerprint density at radius 1 is 0.885 bits per heavy atom. The summed E-state index contributed by atoms with van der Waals surface area (Å²) in [5.41, 5.74) is -0.176. The summed E-state index contributed by atoms with van der Waals surface area (Å²) in [6.07, 6.45) is 10.4. The number of rotatable bonds is 11. The second-order valence-electron chi connectivity index (χ2n) is 5.83. The van der Waals surface area contributed by atoms with Gasteiger partial charge in [0.1, 0.15) is 0 Å². The molecule has 1 aliphatic carbocycles. The first-order chi connectivity index (χ1) is 12.5. The lowest BCUT2D eigenvalue weighted by atomic mass is 9.80. The highest BCUT2D eigenvalue weighted by Crippen LogP contribution is 2.36. The molecule has 0 N–H and O–H groups in total. The Morgan fingerprint density at radius 2 is 1.46 bits per heavy atom. The summed E-state index contributed by atoms with van der Waals surface area (Å²) in [5, 5.41) is 0. The highest BCUT2D eigenvalue weighted by Gasteiger charge is 2.47. The fourth-order valence-electron chi connectivity index (χ4n) is 2.31. The maximum atomic E-state index is 12.6. The predicted molar refractivity (Wildman–Crippen MR) is 97.2 cm³/mol. The summed E-state index contributed by atoms with van der Waals surface area (Å²) >= 11 is 0. The molecule has 1 fully saturated rings. The van der Waals surface area contributed by atoms with Crippen molar-refractivity contribution >= 4 is 17.9 Å². The highest BCUT2D eigenvalue weighted by molar-refractivity contribution is 6.00. The van der Waals surface area contributed by atoms with E-state index in [0.29, 0.717) is 6.61 Å². The first-order valence-corrected chi connectivity index (χ1v) is 9.02. The van der Waals surface area contributed by atoms with E-state index in [0.717, 1.165) is 12.8 Å². The average Bonchev–Trinajstić information content (AvgIpc) is 3.42. The Bertz CT molecular complexity index is 561. The molecular formula is C20H28O6. The van der Waals surface area contributed by atoms with E-state index in [-0.39, 0.29) is 26.1 Å². The van der Waals surface area contributed by atoms with Crippen LogP contribution < -0.4 is 0 Å². The zero-order chi connectivity index (χ0) is 19.4. The van der Waals surface area contributed by atoms with Crippen LogP contribution in [0.3, 0.4) is 0 Å². The maximum Gasteiger partial charge on any atom is 0.330 e. The van der Waals surface area contributed by atoms with Gasteiger partial charge >= 0.3 is 17.9 Å². The largest absolute Gasteiger partial charge is 0.465 e. The Kier molecular flexibility index (Phi) is 9.41. The van der Waals surface area contributed by atoms with Crippen molar-refractivity contribution in [1.29, 1.82) is 0 Å². The van der Waals surface area contributed by atoms with Crippen molar-refractivity contribution in [3.05, 3.63) is 36.0 Å². The molecule has 1 saturated carbocycles. The van der Waals surface area contributed by atoms with Gasteiger partial charge in [-0.2, -0.15) is 0 Å². The van der Waals surface area contributed by atoms with E-state index in [1.165, 1.54) is 17.7 Å². The maximum absolute atomic E-state index is 12.6. The Morgan fingerprint density at radius 3 is 1.96 bits per heavy atom. The lowest BCUT2D eigenvalue weighted by Crippen LogP contribution is -2.41. The summed E-state index contributed by atoms with van der Waals surface area (Å²) in [5.74, 6) is -1.62. The molecule has 26 heavy (non-hydrogen) atoms. The minimum Gasteiger partial charge on any atom is -0.465 e. The van der Waals surface area contributed by atoms with Gasteiger partial charge in [-0.15, -0.1) is 0 Å². The molecule has 0 bridgehead atoms. The van der Waals surface area contributed by atoms with Gasteiger partial charge in [-0.05, 0) is 46.5 Å². The van der Waals surface area contributed by atoms with E-state index in [1.54, 1.807) is 32.9 Å². The van der Waals surface area contributed by atoms with Gasteiger partial charge in [0.05, 0.1) is 19.8 Å². The quantitative estimate of drug-likeness (QED) is 0.140. The van der Waals surface area contributed by atoms with Gasteiger partial charge in [0.2, 0.25) is 0 Å². The van der Waals surface area contributed by atoms with E-state index < -0.39 is 23.3 Å². The molecule has 0 aromatic carbocycles. The molecule has 0 spiro atoms. The molecule has 0 atom stereocenters. The summed E-state index contributed by atoms with van der Waals surface area (Å²) in [6.45, 7) is 5.79. The molecular weight excluding hydrogens is 336 g/mol. The third-order valence-electron chi connectivity index (χ3n) is 3.84. The molecule has 0 unspecified atom stereocenters. The van der Waals surface area contributed by atoms with E-state index in [4.69, 9.17) is 14.2 Å². The summed E-state index contributed by atoms with van der Waals surface area (Å²) in [6, 6.07) is 0. The van der Waals surface area contributed by atoms with Gasteiger partial charge in [-0.3, -0.25) is 9.59 Å². The normalized spacial score (nSPS) is 13.7. The van der Waals surface area contributed by atoms with Crippen LogP contribution in [0.4, 0.5) is 0 Å². The van der Waals surface area contributed by atoms with Gasteiger partial charge in [-0.25, -0.2) is 4.79 Å². The van der Waals surface area contributed by atoms with E-state index in [1.807, 2.05) is 6.08 Å². The number of allylic oxidation sites excluding steroid dienone is 5. The van der Waals surface area contributed by atoms with Crippen molar-refractivity contribution in [2.45, 2.75) is 46.5 Å². The molecule has 6 nitrogen and oxygen atoms in total. The van der Waals surface area contributed by atoms with Crippen molar-refractivity contribution in [2.75, 3.05) is 19.8 Å². The fraction of sp³-hybridized carbons (Fsp3) is 0.550. The molecule has 6 heteroatoms. The number of hydrogen-bond donors (Lipinski definition) is 0. The molecule has 1 aliphatic rings. The van der Waals surface area contributed by atoms with Gasteiger partial charge in [-0.1, -0.05) is 29.9 Å². The molecule has 144 valence electrons. The first-order valence-electron chi connectivity index (χ1n) is 9.02. The molecule has 0 aromatic rings. The predicted octanol–water partition coefficient (Wildman–Crippen LogP) is 3.27. The topological polar surface area (TPSA) is 78.9 Å². The SMILES string of the molecule is CCOC(=O)/C=C/C=C\CC(CC=C1CC1)(C(=O)OCC)C(=O)OCC. The molecule has 0 aliphatic heterocycles. The number of carbonyl (C=O) groups is 3. The number of hydrogen-bond acceptors (Lipinski definition) is 6. The second kappa shape index (κ2) is 11.3. The van der Waals surface area contributed by atoms with E-state index in [2.05, 4.69) is 0 Å². The molecule has 0 aromatic heterocycles. The van der Waals surface area contributed by atoms with E-state index >= 15 is 0 Å². The average molecular weight is 364 g/mol. The van der Waals surface area contributed by atoms with Crippen molar-refractivity contribution in [2.24, 2.45) is 5.41 Å². The zero-order valence-electron chi connectivity index (χ0n) is 15.8. The van der Waals surface area contributed by atoms with Crippen LogP contribution in [-0.4, -0.2) is 37.7 Å². The van der Waals surface area contributed by atoms with E-state index in [9.17, 15) is 14.4 Å². The van der Waals surface area contributed by atoms with Crippen molar-refractivity contribution < 1.29 is 28.6 Å². The fourth-order valence-corrected chi connectivity index (χ4v) is 2.31. The van der Waals surface area contributed by atoms with Crippen molar-refractivity contribution in [3.8, 4) is 0 Å². The van der Waals surface area contributed by atoms with Crippen LogP contribution in [0.25, 0.3) is 0 Å². The lowest BCUT2D eigenvalue weighted by molar-refractivity contribution is -0.171. The van der Waals surface area contributed by atoms with Crippen LogP contribution >= 0.6 is 0 Å². The Hall–Kier alpha value is -2.37. The third kappa shape index (κ3) is 6.86. The molecule has 0 radical (unpaired) electrons. The van der Waals surface area contributed by atoms with Gasteiger partial charge in [0.15, 0.2) is 5.41 Å². The summed E-state index contributed by atoms with van der Waals surface area (Å²) in [7, 11) is 0. The smallest absolute Gasteiger partial charge is 0.330 e. The van der Waals surface area contributed by atoms with Crippen LogP contribution in [0.2, 0.25) is 0 Å². The highest BCUT2D eigenvalue weighted by atomic mass is 16.6. The molecule has 0 heterocycles. The van der Waals surface area contributed by atoms with Crippen molar-refractivity contribution in [3.63, 3.8) is 0 Å². The third-order valence-corrected chi connectivity index (χ3v) is 3.84. The van der Waals surface area contributed by atoms with Gasteiger partial charge < -0.3 is 14.2 Å². The molecule has 0 amide bonds. The van der Waals surface area contributed by atoms with Gasteiger partial charge in [0.25, 0.3) is 0 Å². The molecule has 1 rings (SSSR count). The number of carbonyl (C=O) groups excluding carboxylic acids is 3. The van der Waals surface area contributed by atoms with Crippen LogP contribution in [0.1, 0.15) is 46.5 Å². The van der Waals surface area contributed by atoms with Crippen LogP contribution in [-0.2, 0) is 28.6 Å². The Balaban J connectivity index is 2.95. The zero-order valence-corrected chi connectivity index (χ0v) is 15.8. The number of esters is 3. The second-order valence-corrected chi connectivity index (χ2v) is 5.83. The minimum absolute atomic E-state index is 0.127. The van der Waals surface area contributed by atoms with Gasteiger partial charge in [0, 0.05) is 6.08 Å². The van der Waals surface area contributed by atoms with Crippen LogP contribution in [0.5, 0.6) is 0 Å². The Labute approximate surface area is 154 Å². The van der Waals surface area contributed by atoms with Crippen LogP contribution in [0.15, 0.2) is 36.0 Å². The monoisotopic (exact) mass is 364 g/mol. The number of ether oxygens (including phenoxy) is 3. The lowest BCUT2D eigenvalue weighted by Gasteiger charge is -2.27. The summed E-state index contributed by atoms with van der Waals surface area (Å²) in [4.78, 5) is 36.5.